The summed E-state index contributed by atoms with van der Waals surface area (Å²) >= 11 is 3.79. The van der Waals surface area contributed by atoms with E-state index in [1.165, 1.54) is 48.5 Å². The van der Waals surface area contributed by atoms with Crippen molar-refractivity contribution >= 4 is 67.2 Å². The first-order valence-corrected chi connectivity index (χ1v) is 16.0. The van der Waals surface area contributed by atoms with E-state index in [1.54, 1.807) is 0 Å². The molecular weight excluding hydrogens is 868 g/mol. The molecule has 0 spiro atoms. The van der Waals surface area contributed by atoms with E-state index in [0.717, 1.165) is 0 Å². The minimum atomic E-state index is -4.83. The standard InChI is InChI=1S/C30H14F10I2O2S/c31-21-17(22(32)26(36)29(39)25(21)35)9-11-19(13-1-5-15(41)6-2-13)45(43,44)20(14-3-7-16(42)8-4-14)12-10-18-23(33)27(37)30(40)28(38)24(18)34/h1-12,19-20H/b11-9+,12-10+. The molecule has 0 N–H and O–H groups in total. The van der Waals surface area contributed by atoms with Gasteiger partial charge in [-0.25, -0.2) is 52.3 Å². The van der Waals surface area contributed by atoms with Gasteiger partial charge in [-0.1, -0.05) is 48.6 Å². The third-order valence-corrected chi connectivity index (χ3v) is 10.2. The van der Waals surface area contributed by atoms with Crippen LogP contribution in [-0.2, 0) is 9.84 Å². The molecule has 236 valence electrons. The quantitative estimate of drug-likeness (QED) is 0.0765. The minimum Gasteiger partial charge on any atom is -0.227 e. The molecule has 15 heteroatoms. The fourth-order valence-corrected chi connectivity index (χ4v) is 6.89. The maximum Gasteiger partial charge on any atom is 0.200 e. The van der Waals surface area contributed by atoms with Crippen LogP contribution >= 0.6 is 45.2 Å². The molecular formula is C30H14F10I2O2S. The smallest absolute Gasteiger partial charge is 0.200 e. The molecule has 0 heterocycles. The van der Waals surface area contributed by atoms with E-state index < -0.39 is 89.6 Å². The topological polar surface area (TPSA) is 34.1 Å². The Kier molecular flexibility index (Phi) is 10.7. The average Bonchev–Trinajstić information content (AvgIpc) is 3.01. The number of hydrogen-bond acceptors (Lipinski definition) is 2. The maximum absolute atomic E-state index is 14.5. The monoisotopic (exact) mass is 882 g/mol. The Bertz CT molecular complexity index is 1750. The Labute approximate surface area is 276 Å². The van der Waals surface area contributed by atoms with E-state index in [1.807, 2.05) is 45.2 Å². The molecule has 2 unspecified atom stereocenters. The summed E-state index contributed by atoms with van der Waals surface area (Å²) in [6.45, 7) is 0. The second-order valence-corrected chi connectivity index (χ2v) is 13.9. The van der Waals surface area contributed by atoms with Gasteiger partial charge in [0.2, 0.25) is 11.6 Å². The molecule has 0 aliphatic rings. The molecule has 2 atom stereocenters. The van der Waals surface area contributed by atoms with Gasteiger partial charge in [0, 0.05) is 7.14 Å². The molecule has 4 aromatic carbocycles. The van der Waals surface area contributed by atoms with Crippen LogP contribution in [0.1, 0.15) is 32.8 Å². The van der Waals surface area contributed by atoms with Gasteiger partial charge in [0.25, 0.3) is 0 Å². The number of halogens is 12. The summed E-state index contributed by atoms with van der Waals surface area (Å²) in [5, 5.41) is -3.82. The van der Waals surface area contributed by atoms with Gasteiger partial charge in [-0.3, -0.25) is 0 Å². The zero-order valence-corrected chi connectivity index (χ0v) is 27.0. The predicted molar refractivity (Wildman–Crippen MR) is 163 cm³/mol. The first-order chi connectivity index (χ1) is 21.1. The van der Waals surface area contributed by atoms with Crippen molar-refractivity contribution in [1.29, 1.82) is 0 Å². The summed E-state index contributed by atoms with van der Waals surface area (Å²) in [6.07, 6.45) is 2.08. The number of rotatable bonds is 8. The van der Waals surface area contributed by atoms with Crippen LogP contribution in [0.4, 0.5) is 43.9 Å². The molecule has 0 aliphatic carbocycles. The van der Waals surface area contributed by atoms with E-state index in [9.17, 15) is 52.3 Å². The average molecular weight is 882 g/mol. The highest BCUT2D eigenvalue weighted by Gasteiger charge is 2.35. The SMILES string of the molecule is O=S(=O)(C(/C=C/c1c(F)c(F)c(F)c(F)c1F)c1ccc(I)cc1)C(/C=C/c1c(F)c(F)c(F)c(F)c1F)c1ccc(I)cc1. The van der Waals surface area contributed by atoms with Gasteiger partial charge >= 0.3 is 0 Å². The van der Waals surface area contributed by atoms with E-state index in [4.69, 9.17) is 0 Å². The fourth-order valence-electron chi connectivity index (χ4n) is 4.19. The molecule has 2 nitrogen and oxygen atoms in total. The molecule has 0 fully saturated rings. The molecule has 0 saturated carbocycles. The Hall–Kier alpha value is -2.93. The Morgan fingerprint density at radius 1 is 0.444 bits per heavy atom. The van der Waals surface area contributed by atoms with Crippen LogP contribution in [0.2, 0.25) is 0 Å². The summed E-state index contributed by atoms with van der Waals surface area (Å²) in [6, 6.07) is 11.0. The second-order valence-electron chi connectivity index (χ2n) is 9.22. The zero-order chi connectivity index (χ0) is 33.4. The van der Waals surface area contributed by atoms with Crippen molar-refractivity contribution in [2.24, 2.45) is 0 Å². The van der Waals surface area contributed by atoms with Crippen molar-refractivity contribution in [3.63, 3.8) is 0 Å². The predicted octanol–water partition coefficient (Wildman–Crippen LogP) is 9.91. The fraction of sp³-hybridized carbons (Fsp3) is 0.0667. The summed E-state index contributed by atoms with van der Waals surface area (Å²) in [4.78, 5) is 0. The van der Waals surface area contributed by atoms with Crippen molar-refractivity contribution in [2.45, 2.75) is 10.5 Å². The lowest BCUT2D eigenvalue weighted by Gasteiger charge is -2.22. The van der Waals surface area contributed by atoms with Gasteiger partial charge in [0.05, 0.1) is 11.1 Å². The zero-order valence-electron chi connectivity index (χ0n) is 21.8. The van der Waals surface area contributed by atoms with Gasteiger partial charge in [-0.05, 0) is 80.6 Å². The van der Waals surface area contributed by atoms with E-state index in [-0.39, 0.29) is 11.1 Å². The maximum atomic E-state index is 14.5. The van der Waals surface area contributed by atoms with Crippen LogP contribution in [0.5, 0.6) is 0 Å². The molecule has 45 heavy (non-hydrogen) atoms. The van der Waals surface area contributed by atoms with Crippen molar-refractivity contribution in [1.82, 2.24) is 0 Å². The van der Waals surface area contributed by atoms with Crippen LogP contribution in [0.15, 0.2) is 60.7 Å². The van der Waals surface area contributed by atoms with E-state index >= 15 is 0 Å². The Morgan fingerprint density at radius 2 is 0.689 bits per heavy atom. The molecule has 0 bridgehead atoms. The number of hydrogen-bond donors (Lipinski definition) is 0. The highest BCUT2D eigenvalue weighted by molar-refractivity contribution is 14.1. The molecule has 4 aromatic rings. The molecule has 0 radical (unpaired) electrons. The summed E-state index contributed by atoms with van der Waals surface area (Å²) in [7, 11) is -4.83. The summed E-state index contributed by atoms with van der Waals surface area (Å²) in [5.74, 6) is -22.9. The first kappa shape index (κ1) is 34.9. The van der Waals surface area contributed by atoms with Gasteiger partial charge in [-0.15, -0.1) is 0 Å². The van der Waals surface area contributed by atoms with Crippen LogP contribution in [0, 0.1) is 65.3 Å². The Morgan fingerprint density at radius 3 is 0.956 bits per heavy atom. The molecule has 0 aliphatic heterocycles. The normalized spacial score (nSPS) is 13.6. The van der Waals surface area contributed by atoms with Crippen LogP contribution < -0.4 is 0 Å². The Balaban J connectivity index is 1.95. The molecule has 4 rings (SSSR count). The molecule has 0 saturated heterocycles. The minimum absolute atomic E-state index is 0.0596. The lowest BCUT2D eigenvalue weighted by Crippen LogP contribution is -2.19. The van der Waals surface area contributed by atoms with Gasteiger partial charge in [0.1, 0.15) is 10.5 Å². The third-order valence-electron chi connectivity index (χ3n) is 6.47. The van der Waals surface area contributed by atoms with Gasteiger partial charge < -0.3 is 0 Å². The molecule has 0 aromatic heterocycles. The third kappa shape index (κ3) is 6.94. The van der Waals surface area contributed by atoms with Crippen LogP contribution in [0.3, 0.4) is 0 Å². The van der Waals surface area contributed by atoms with Crippen molar-refractivity contribution in [3.8, 4) is 0 Å². The highest BCUT2D eigenvalue weighted by atomic mass is 127. The lowest BCUT2D eigenvalue weighted by atomic mass is 10.1. The number of benzene rings is 4. The van der Waals surface area contributed by atoms with Crippen molar-refractivity contribution < 1.29 is 52.3 Å². The van der Waals surface area contributed by atoms with Crippen molar-refractivity contribution in [3.05, 3.63) is 148 Å². The largest absolute Gasteiger partial charge is 0.227 e. The highest BCUT2D eigenvalue weighted by Crippen LogP contribution is 2.39. The lowest BCUT2D eigenvalue weighted by molar-refractivity contribution is 0.377. The van der Waals surface area contributed by atoms with Gasteiger partial charge in [-0.2, -0.15) is 0 Å². The summed E-state index contributed by atoms with van der Waals surface area (Å²) in [5.41, 5.74) is -3.01. The van der Waals surface area contributed by atoms with Crippen LogP contribution in [0.25, 0.3) is 12.2 Å². The van der Waals surface area contributed by atoms with Crippen LogP contribution in [-0.4, -0.2) is 8.42 Å². The van der Waals surface area contributed by atoms with Crippen molar-refractivity contribution in [2.75, 3.05) is 0 Å². The van der Waals surface area contributed by atoms with E-state index in [0.29, 0.717) is 31.4 Å². The summed E-state index contributed by atoms with van der Waals surface area (Å²) < 4.78 is 170. The van der Waals surface area contributed by atoms with Gasteiger partial charge in [0.15, 0.2) is 56.4 Å². The molecule has 0 amide bonds. The van der Waals surface area contributed by atoms with E-state index in [2.05, 4.69) is 0 Å². The second kappa shape index (κ2) is 13.8. The number of sulfone groups is 1. The first-order valence-electron chi connectivity index (χ1n) is 12.2.